The number of para-hydroxylation sites is 1. The molecular formula is C42H50N4O6. The van der Waals surface area contributed by atoms with Crippen LogP contribution in [0, 0.1) is 5.92 Å². The van der Waals surface area contributed by atoms with Gasteiger partial charge >= 0.3 is 12.2 Å². The number of aromatic nitrogens is 1. The van der Waals surface area contributed by atoms with Gasteiger partial charge in [-0.2, -0.15) is 0 Å². The topological polar surface area (TPSA) is 102 Å². The van der Waals surface area contributed by atoms with Gasteiger partial charge in [-0.05, 0) is 80.3 Å². The Labute approximate surface area is 306 Å². The average molecular weight is 707 g/mol. The minimum atomic E-state index is -0.689. The lowest BCUT2D eigenvalue weighted by molar-refractivity contribution is -0.138. The number of benzene rings is 3. The predicted octanol–water partition coefficient (Wildman–Crippen LogP) is 7.33. The molecule has 4 aromatic rings. The first-order valence-electron chi connectivity index (χ1n) is 18.5. The van der Waals surface area contributed by atoms with E-state index in [2.05, 4.69) is 52.5 Å². The van der Waals surface area contributed by atoms with Gasteiger partial charge in [-0.3, -0.25) is 4.79 Å². The molecule has 3 amide bonds. The maximum atomic E-state index is 14.6. The van der Waals surface area contributed by atoms with Crippen molar-refractivity contribution in [1.82, 2.24) is 19.7 Å². The number of nitrogens with one attached hydrogen (secondary N) is 1. The van der Waals surface area contributed by atoms with Gasteiger partial charge in [-0.1, -0.05) is 66.7 Å². The van der Waals surface area contributed by atoms with Crippen LogP contribution in [-0.2, 0) is 32.1 Å². The van der Waals surface area contributed by atoms with Gasteiger partial charge in [0.25, 0.3) is 0 Å². The third kappa shape index (κ3) is 7.82. The highest BCUT2D eigenvalue weighted by atomic mass is 16.6. The van der Waals surface area contributed by atoms with Crippen molar-refractivity contribution in [1.29, 1.82) is 0 Å². The van der Waals surface area contributed by atoms with Crippen LogP contribution in [0.15, 0.2) is 79.0 Å². The Morgan fingerprint density at radius 2 is 1.58 bits per heavy atom. The summed E-state index contributed by atoms with van der Waals surface area (Å²) < 4.78 is 19.2. The van der Waals surface area contributed by atoms with Crippen LogP contribution in [0.5, 0.6) is 0 Å². The summed E-state index contributed by atoms with van der Waals surface area (Å²) in [6, 6.07) is 24.4. The number of likely N-dealkylation sites (tertiary alicyclic amines) is 1. The van der Waals surface area contributed by atoms with Crippen molar-refractivity contribution in [3.8, 4) is 11.1 Å². The second kappa shape index (κ2) is 15.0. The van der Waals surface area contributed by atoms with E-state index in [1.165, 1.54) is 0 Å². The monoisotopic (exact) mass is 706 g/mol. The van der Waals surface area contributed by atoms with Gasteiger partial charge in [0, 0.05) is 69.0 Å². The number of hydrogen-bond donors (Lipinski definition) is 1. The molecule has 0 radical (unpaired) electrons. The summed E-state index contributed by atoms with van der Waals surface area (Å²) in [4.78, 5) is 45.0. The number of ether oxygens (including phenoxy) is 3. The third-order valence-electron chi connectivity index (χ3n) is 10.3. The van der Waals surface area contributed by atoms with Crippen LogP contribution in [0.1, 0.15) is 69.1 Å². The summed E-state index contributed by atoms with van der Waals surface area (Å²) in [5.41, 5.74) is 6.12. The number of nitrogens with zero attached hydrogens (tertiary/aromatic N) is 3. The van der Waals surface area contributed by atoms with E-state index in [9.17, 15) is 14.4 Å². The Hall–Kier alpha value is -4.83. The Kier molecular flexibility index (Phi) is 10.3. The largest absolute Gasteiger partial charge is 0.448 e. The summed E-state index contributed by atoms with van der Waals surface area (Å²) in [6.45, 7) is 8.01. The van der Waals surface area contributed by atoms with Crippen molar-refractivity contribution in [2.45, 2.75) is 83.1 Å². The second-order valence-electron chi connectivity index (χ2n) is 15.4. The lowest BCUT2D eigenvalue weighted by atomic mass is 9.92. The number of alkyl carbamates (subject to hydrolysis) is 1. The molecular weight excluding hydrogens is 656 g/mol. The van der Waals surface area contributed by atoms with E-state index in [0.29, 0.717) is 19.6 Å². The normalized spacial score (nSPS) is 18.5. The molecule has 3 aliphatic rings. The maximum Gasteiger partial charge on any atom is 0.409 e. The van der Waals surface area contributed by atoms with Crippen molar-refractivity contribution >= 4 is 29.0 Å². The van der Waals surface area contributed by atoms with Crippen LogP contribution in [0.4, 0.5) is 9.59 Å². The van der Waals surface area contributed by atoms with Crippen molar-refractivity contribution in [3.63, 3.8) is 0 Å². The SMILES string of the molecule is COCCCn1cc(CN(C(=O)[C@H]2C[C@@H](NC(=O)OC(C)(C)C)CN(C(=O)OCC3c4ccccc4-c4ccccc43)C2)C2CC2)c2ccccc21. The van der Waals surface area contributed by atoms with Crippen LogP contribution < -0.4 is 5.32 Å². The molecule has 10 heteroatoms. The molecule has 1 aliphatic heterocycles. The molecule has 52 heavy (non-hydrogen) atoms. The molecule has 0 unspecified atom stereocenters. The molecule has 1 saturated heterocycles. The van der Waals surface area contributed by atoms with Crippen molar-refractivity contribution in [2.75, 3.05) is 33.4 Å². The van der Waals surface area contributed by atoms with Crippen LogP contribution in [0.3, 0.4) is 0 Å². The first kappa shape index (κ1) is 35.6. The zero-order valence-electron chi connectivity index (χ0n) is 30.7. The highest BCUT2D eigenvalue weighted by Crippen LogP contribution is 2.44. The number of rotatable bonds is 11. The van der Waals surface area contributed by atoms with E-state index in [0.717, 1.165) is 64.5 Å². The molecule has 10 nitrogen and oxygen atoms in total. The van der Waals surface area contributed by atoms with Crippen molar-refractivity contribution in [3.05, 3.63) is 95.7 Å². The average Bonchev–Trinajstić information content (AvgIpc) is 3.84. The van der Waals surface area contributed by atoms with Crippen molar-refractivity contribution in [2.24, 2.45) is 5.92 Å². The fourth-order valence-electron chi connectivity index (χ4n) is 7.90. The molecule has 2 heterocycles. The second-order valence-corrected chi connectivity index (χ2v) is 15.4. The van der Waals surface area contributed by atoms with Gasteiger partial charge in [0.15, 0.2) is 0 Å². The maximum absolute atomic E-state index is 14.6. The standard InChI is InChI=1S/C42H50N4O6/c1-42(2,3)52-40(48)43-30-22-28(23-45(26-30)41(49)51-27-37-35-15-7-5-13-33(35)34-14-6-8-16-36(34)37)39(47)46(31-18-19-31)25-29-24-44(20-11-21-50-4)38-17-10-9-12-32(29)38/h5-10,12-17,24,28,30-31,37H,11,18-23,25-27H2,1-4H3,(H,43,48)/t28-,30+/m0/s1. The molecule has 2 fully saturated rings. The quantitative estimate of drug-likeness (QED) is 0.164. The van der Waals surface area contributed by atoms with E-state index < -0.39 is 29.7 Å². The molecule has 1 aromatic heterocycles. The van der Waals surface area contributed by atoms with Gasteiger partial charge in [-0.15, -0.1) is 0 Å². The van der Waals surface area contributed by atoms with Gasteiger partial charge in [-0.25, -0.2) is 9.59 Å². The Balaban J connectivity index is 1.10. The fraction of sp³-hybridized carbons (Fsp3) is 0.452. The molecule has 0 bridgehead atoms. The van der Waals surface area contributed by atoms with Gasteiger partial charge < -0.3 is 33.9 Å². The smallest absolute Gasteiger partial charge is 0.409 e. The van der Waals surface area contributed by atoms with Crippen LogP contribution in [-0.4, -0.2) is 83.6 Å². The molecule has 0 spiro atoms. The predicted molar refractivity (Wildman–Crippen MR) is 200 cm³/mol. The molecule has 1 N–H and O–H groups in total. The zero-order valence-corrected chi connectivity index (χ0v) is 30.7. The van der Waals surface area contributed by atoms with E-state index in [1.54, 1.807) is 12.0 Å². The van der Waals surface area contributed by atoms with Gasteiger partial charge in [0.05, 0.1) is 12.0 Å². The number of piperidine rings is 1. The minimum absolute atomic E-state index is 0.00847. The Morgan fingerprint density at radius 3 is 2.25 bits per heavy atom. The number of carbonyl (C=O) groups is 3. The van der Waals surface area contributed by atoms with E-state index in [4.69, 9.17) is 14.2 Å². The van der Waals surface area contributed by atoms with E-state index in [1.807, 2.05) is 62.1 Å². The highest BCUT2D eigenvalue weighted by Gasteiger charge is 2.42. The minimum Gasteiger partial charge on any atom is -0.448 e. The zero-order chi connectivity index (χ0) is 36.4. The number of aryl methyl sites for hydroxylation is 1. The highest BCUT2D eigenvalue weighted by molar-refractivity contribution is 5.86. The summed E-state index contributed by atoms with van der Waals surface area (Å²) in [5.74, 6) is -0.619. The lowest BCUT2D eigenvalue weighted by Gasteiger charge is -2.39. The van der Waals surface area contributed by atoms with Crippen molar-refractivity contribution < 1.29 is 28.6 Å². The molecule has 2 aliphatic carbocycles. The third-order valence-corrected chi connectivity index (χ3v) is 10.3. The molecule has 274 valence electrons. The van der Waals surface area contributed by atoms with Gasteiger partial charge in [0.1, 0.15) is 12.2 Å². The summed E-state index contributed by atoms with van der Waals surface area (Å²) in [7, 11) is 1.71. The lowest BCUT2D eigenvalue weighted by Crippen LogP contribution is -2.56. The fourth-order valence-corrected chi connectivity index (χ4v) is 7.90. The first-order valence-corrected chi connectivity index (χ1v) is 18.5. The Morgan fingerprint density at radius 1 is 0.904 bits per heavy atom. The number of amides is 3. The number of methoxy groups -OCH3 is 1. The first-order chi connectivity index (χ1) is 25.1. The molecule has 2 atom stereocenters. The van der Waals surface area contributed by atoms with Crippen LogP contribution in [0.25, 0.3) is 22.0 Å². The van der Waals surface area contributed by atoms with E-state index >= 15 is 0 Å². The number of fused-ring (bicyclic) bond motifs is 4. The van der Waals surface area contributed by atoms with E-state index in [-0.39, 0.29) is 37.6 Å². The summed E-state index contributed by atoms with van der Waals surface area (Å²) >= 11 is 0. The van der Waals surface area contributed by atoms with Crippen LogP contribution in [0.2, 0.25) is 0 Å². The number of carbonyl (C=O) groups excluding carboxylic acids is 3. The van der Waals surface area contributed by atoms with Crippen LogP contribution >= 0.6 is 0 Å². The number of hydrogen-bond acceptors (Lipinski definition) is 6. The Bertz CT molecular complexity index is 1880. The van der Waals surface area contributed by atoms with Gasteiger partial charge in [0.2, 0.25) is 5.91 Å². The summed E-state index contributed by atoms with van der Waals surface area (Å²) in [5, 5.41) is 4.09. The molecule has 3 aromatic carbocycles. The summed E-state index contributed by atoms with van der Waals surface area (Å²) in [6.07, 6.45) is 4.28. The molecule has 1 saturated carbocycles. The molecule has 7 rings (SSSR count).